The number of nitrogens with zero attached hydrogens (tertiary/aromatic N) is 1. The number of imidazole rings is 1. The average Bonchev–Trinajstić information content (AvgIpc) is 2.69. The maximum absolute atomic E-state index is 4.59. The zero-order chi connectivity index (χ0) is 11.8. The van der Waals surface area contributed by atoms with Crippen LogP contribution in [0, 0.1) is 13.8 Å². The molecule has 0 spiro atoms. The molecule has 2 N–H and O–H groups in total. The van der Waals surface area contributed by atoms with E-state index >= 15 is 0 Å². The first-order chi connectivity index (χ1) is 8.24. The molecule has 88 valence electrons. The van der Waals surface area contributed by atoms with E-state index in [1.165, 1.54) is 16.8 Å². The molecule has 1 atom stereocenters. The Morgan fingerprint density at radius 3 is 2.65 bits per heavy atom. The van der Waals surface area contributed by atoms with Gasteiger partial charge in [-0.15, -0.1) is 0 Å². The third-order valence-corrected chi connectivity index (χ3v) is 3.56. The lowest BCUT2D eigenvalue weighted by Crippen LogP contribution is -2.29. The third kappa shape index (κ3) is 1.87. The van der Waals surface area contributed by atoms with Gasteiger partial charge in [0.25, 0.3) is 0 Å². The number of hydrogen-bond donors (Lipinski definition) is 2. The van der Waals surface area contributed by atoms with Crippen molar-refractivity contribution >= 4 is 0 Å². The summed E-state index contributed by atoms with van der Waals surface area (Å²) >= 11 is 0. The van der Waals surface area contributed by atoms with Crippen molar-refractivity contribution < 1.29 is 0 Å². The molecule has 17 heavy (non-hydrogen) atoms. The maximum Gasteiger partial charge on any atom is 0.124 e. The monoisotopic (exact) mass is 227 g/mol. The van der Waals surface area contributed by atoms with Gasteiger partial charge in [-0.25, -0.2) is 4.98 Å². The quantitative estimate of drug-likeness (QED) is 0.785. The van der Waals surface area contributed by atoms with E-state index in [0.717, 1.165) is 24.5 Å². The molecular formula is C14H17N3. The van der Waals surface area contributed by atoms with Gasteiger partial charge in [0.1, 0.15) is 5.82 Å². The first-order valence-corrected chi connectivity index (χ1v) is 6.07. The summed E-state index contributed by atoms with van der Waals surface area (Å²) in [7, 11) is 0. The van der Waals surface area contributed by atoms with Crippen LogP contribution in [0.1, 0.15) is 34.4 Å². The van der Waals surface area contributed by atoms with E-state index in [9.17, 15) is 0 Å². The van der Waals surface area contributed by atoms with Crippen LogP contribution in [-0.4, -0.2) is 9.97 Å². The molecule has 2 heterocycles. The summed E-state index contributed by atoms with van der Waals surface area (Å²) < 4.78 is 0. The summed E-state index contributed by atoms with van der Waals surface area (Å²) in [5.41, 5.74) is 5.10. The Hall–Kier alpha value is -1.61. The van der Waals surface area contributed by atoms with Crippen molar-refractivity contribution in [2.24, 2.45) is 0 Å². The summed E-state index contributed by atoms with van der Waals surface area (Å²) in [6.07, 6.45) is 1.02. The fourth-order valence-corrected chi connectivity index (χ4v) is 2.39. The minimum atomic E-state index is 0.317. The molecule has 0 fully saturated rings. The highest BCUT2D eigenvalue weighted by Gasteiger charge is 2.21. The SMILES string of the molecule is Cc1nc(C2Cc3ccccc3CN2)[nH]c1C. The first kappa shape index (κ1) is 10.5. The highest BCUT2D eigenvalue weighted by Crippen LogP contribution is 2.24. The summed E-state index contributed by atoms with van der Waals surface area (Å²) in [6, 6.07) is 8.93. The average molecular weight is 227 g/mol. The Bertz CT molecular complexity index is 523. The first-order valence-electron chi connectivity index (χ1n) is 6.07. The van der Waals surface area contributed by atoms with Crippen molar-refractivity contribution in [1.29, 1.82) is 0 Å². The Morgan fingerprint density at radius 1 is 1.18 bits per heavy atom. The molecule has 1 unspecified atom stereocenters. The largest absolute Gasteiger partial charge is 0.345 e. The maximum atomic E-state index is 4.59. The van der Waals surface area contributed by atoms with Crippen LogP contribution < -0.4 is 5.32 Å². The molecule has 0 aliphatic carbocycles. The van der Waals surface area contributed by atoms with Crippen molar-refractivity contribution in [3.8, 4) is 0 Å². The number of aryl methyl sites for hydroxylation is 2. The van der Waals surface area contributed by atoms with Crippen LogP contribution in [0.4, 0.5) is 0 Å². The Morgan fingerprint density at radius 2 is 1.94 bits per heavy atom. The molecule has 0 amide bonds. The predicted molar refractivity (Wildman–Crippen MR) is 67.8 cm³/mol. The standard InChI is InChI=1S/C14H17N3/c1-9-10(2)17-14(16-9)13-7-11-5-3-4-6-12(11)8-15-13/h3-6,13,15H,7-8H2,1-2H3,(H,16,17). The lowest BCUT2D eigenvalue weighted by atomic mass is 9.96. The summed E-state index contributed by atoms with van der Waals surface area (Å²) in [6.45, 7) is 5.05. The molecular weight excluding hydrogens is 210 g/mol. The second kappa shape index (κ2) is 4.00. The fraction of sp³-hybridized carbons (Fsp3) is 0.357. The molecule has 1 aliphatic heterocycles. The van der Waals surface area contributed by atoms with Gasteiger partial charge in [-0.2, -0.15) is 0 Å². The fourth-order valence-electron chi connectivity index (χ4n) is 2.39. The molecule has 3 nitrogen and oxygen atoms in total. The van der Waals surface area contributed by atoms with Gasteiger partial charge in [-0.3, -0.25) is 0 Å². The van der Waals surface area contributed by atoms with Crippen molar-refractivity contribution in [2.75, 3.05) is 0 Å². The van der Waals surface area contributed by atoms with Crippen molar-refractivity contribution in [2.45, 2.75) is 32.9 Å². The Kier molecular flexibility index (Phi) is 2.48. The number of aromatic amines is 1. The number of H-pyrrole nitrogens is 1. The minimum Gasteiger partial charge on any atom is -0.345 e. The van der Waals surface area contributed by atoms with Gasteiger partial charge in [0.15, 0.2) is 0 Å². The van der Waals surface area contributed by atoms with Crippen LogP contribution in [0.2, 0.25) is 0 Å². The molecule has 2 aromatic rings. The topological polar surface area (TPSA) is 40.7 Å². The van der Waals surface area contributed by atoms with Crippen molar-refractivity contribution in [3.05, 3.63) is 52.6 Å². The van der Waals surface area contributed by atoms with Crippen molar-refractivity contribution in [1.82, 2.24) is 15.3 Å². The van der Waals surface area contributed by atoms with Gasteiger partial charge in [-0.05, 0) is 31.4 Å². The minimum absolute atomic E-state index is 0.317. The third-order valence-electron chi connectivity index (χ3n) is 3.56. The molecule has 0 saturated carbocycles. The van der Waals surface area contributed by atoms with E-state index in [1.54, 1.807) is 0 Å². The van der Waals surface area contributed by atoms with E-state index in [-0.39, 0.29) is 0 Å². The number of aromatic nitrogens is 2. The number of fused-ring (bicyclic) bond motifs is 1. The highest BCUT2D eigenvalue weighted by molar-refractivity contribution is 5.31. The summed E-state index contributed by atoms with van der Waals surface area (Å²) in [5.74, 6) is 1.06. The van der Waals surface area contributed by atoms with Crippen LogP contribution in [-0.2, 0) is 13.0 Å². The highest BCUT2D eigenvalue weighted by atomic mass is 15.0. The van der Waals surface area contributed by atoms with E-state index in [4.69, 9.17) is 0 Å². The normalized spacial score (nSPS) is 19.1. The summed E-state index contributed by atoms with van der Waals surface area (Å²) in [5, 5.41) is 3.54. The van der Waals surface area contributed by atoms with Gasteiger partial charge >= 0.3 is 0 Å². The molecule has 1 aliphatic rings. The van der Waals surface area contributed by atoms with E-state index in [1.807, 2.05) is 6.92 Å². The van der Waals surface area contributed by atoms with Crippen LogP contribution in [0.5, 0.6) is 0 Å². The van der Waals surface area contributed by atoms with Crippen LogP contribution >= 0.6 is 0 Å². The van der Waals surface area contributed by atoms with Gasteiger partial charge in [-0.1, -0.05) is 24.3 Å². The zero-order valence-corrected chi connectivity index (χ0v) is 10.2. The lowest BCUT2D eigenvalue weighted by Gasteiger charge is -2.24. The number of benzene rings is 1. The molecule has 1 aromatic carbocycles. The predicted octanol–water partition coefficient (Wildman–Crippen LogP) is 2.41. The summed E-state index contributed by atoms with van der Waals surface area (Å²) in [4.78, 5) is 7.96. The molecule has 0 radical (unpaired) electrons. The van der Waals surface area contributed by atoms with E-state index in [2.05, 4.69) is 46.5 Å². The lowest BCUT2D eigenvalue weighted by molar-refractivity contribution is 0.479. The van der Waals surface area contributed by atoms with E-state index < -0.39 is 0 Å². The van der Waals surface area contributed by atoms with Crippen molar-refractivity contribution in [3.63, 3.8) is 0 Å². The zero-order valence-electron chi connectivity index (χ0n) is 10.2. The molecule has 3 heteroatoms. The van der Waals surface area contributed by atoms with Gasteiger partial charge in [0.05, 0.1) is 11.7 Å². The van der Waals surface area contributed by atoms with Gasteiger partial charge < -0.3 is 10.3 Å². The smallest absolute Gasteiger partial charge is 0.124 e. The number of rotatable bonds is 1. The second-order valence-electron chi connectivity index (χ2n) is 4.74. The van der Waals surface area contributed by atoms with Crippen LogP contribution in [0.25, 0.3) is 0 Å². The molecule has 0 saturated heterocycles. The Labute approximate surface area is 101 Å². The Balaban J connectivity index is 1.89. The number of hydrogen-bond acceptors (Lipinski definition) is 2. The van der Waals surface area contributed by atoms with E-state index in [0.29, 0.717) is 6.04 Å². The van der Waals surface area contributed by atoms with Gasteiger partial charge in [0.2, 0.25) is 0 Å². The molecule has 1 aromatic heterocycles. The van der Waals surface area contributed by atoms with Crippen LogP contribution in [0.15, 0.2) is 24.3 Å². The number of nitrogens with one attached hydrogen (secondary N) is 2. The van der Waals surface area contributed by atoms with Gasteiger partial charge in [0, 0.05) is 12.2 Å². The second-order valence-corrected chi connectivity index (χ2v) is 4.74. The molecule has 3 rings (SSSR count). The van der Waals surface area contributed by atoms with Crippen LogP contribution in [0.3, 0.4) is 0 Å². The molecule has 0 bridgehead atoms.